The van der Waals surface area contributed by atoms with Crippen LogP contribution in [0.25, 0.3) is 0 Å². The molecule has 1 aromatic heterocycles. The summed E-state index contributed by atoms with van der Waals surface area (Å²) in [5, 5.41) is 13.7. The molecule has 4 nitrogen and oxygen atoms in total. The largest absolute Gasteiger partial charge is 0.391 e. The Hall–Kier alpha value is -1.91. The first-order valence-corrected chi connectivity index (χ1v) is 8.32. The van der Waals surface area contributed by atoms with Gasteiger partial charge < -0.3 is 10.4 Å². The first-order chi connectivity index (χ1) is 11.3. The molecule has 4 heteroatoms. The van der Waals surface area contributed by atoms with E-state index in [2.05, 4.69) is 45.5 Å². The van der Waals surface area contributed by atoms with Crippen molar-refractivity contribution in [1.29, 1.82) is 0 Å². The van der Waals surface area contributed by atoms with Crippen LogP contribution in [0, 0.1) is 5.92 Å². The maximum absolute atomic E-state index is 10.5. The third-order valence-electron chi connectivity index (χ3n) is 4.67. The number of hydrogen-bond acceptors (Lipinski definition) is 4. The van der Waals surface area contributed by atoms with E-state index >= 15 is 0 Å². The molecule has 0 radical (unpaired) electrons. The van der Waals surface area contributed by atoms with Gasteiger partial charge in [-0.25, -0.2) is 4.98 Å². The Kier molecular flexibility index (Phi) is 5.26. The van der Waals surface area contributed by atoms with Gasteiger partial charge in [-0.05, 0) is 36.9 Å². The molecule has 1 aromatic carbocycles. The number of anilines is 1. The quantitative estimate of drug-likeness (QED) is 0.891. The van der Waals surface area contributed by atoms with Gasteiger partial charge in [-0.3, -0.25) is 4.90 Å². The normalized spacial score (nSPS) is 22.0. The fourth-order valence-corrected chi connectivity index (χ4v) is 3.38. The van der Waals surface area contributed by atoms with Gasteiger partial charge in [-0.15, -0.1) is 0 Å². The minimum atomic E-state index is -0.265. The second-order valence-corrected chi connectivity index (χ2v) is 6.30. The molecular weight excluding hydrogens is 286 g/mol. The maximum Gasteiger partial charge on any atom is 0.130 e. The molecule has 1 saturated heterocycles. The minimum Gasteiger partial charge on any atom is -0.391 e. The first kappa shape index (κ1) is 16.0. The lowest BCUT2D eigenvalue weighted by Crippen LogP contribution is -2.44. The zero-order valence-corrected chi connectivity index (χ0v) is 13.7. The number of nitrogens with one attached hydrogen (secondary N) is 1. The number of β-amino-alcohol motifs (C(OH)–C–C–N with tert-alkyl or cyclic N) is 1. The fourth-order valence-electron chi connectivity index (χ4n) is 3.38. The molecule has 0 bridgehead atoms. The van der Waals surface area contributed by atoms with Crippen molar-refractivity contribution in [2.75, 3.05) is 25.5 Å². The lowest BCUT2D eigenvalue weighted by atomic mass is 9.88. The summed E-state index contributed by atoms with van der Waals surface area (Å²) in [6, 6.07) is 14.5. The summed E-state index contributed by atoms with van der Waals surface area (Å²) in [4.78, 5) is 6.68. The van der Waals surface area contributed by atoms with Crippen LogP contribution in [0.1, 0.15) is 17.5 Å². The number of aliphatic hydroxyl groups is 1. The summed E-state index contributed by atoms with van der Waals surface area (Å²) in [6.07, 6.45) is 3.53. The van der Waals surface area contributed by atoms with Gasteiger partial charge in [0.2, 0.25) is 0 Å². The van der Waals surface area contributed by atoms with Crippen LogP contribution < -0.4 is 5.32 Å². The van der Waals surface area contributed by atoms with E-state index in [1.165, 1.54) is 11.1 Å². The molecule has 1 fully saturated rings. The second-order valence-electron chi connectivity index (χ2n) is 6.30. The molecule has 1 aliphatic rings. The topological polar surface area (TPSA) is 48.4 Å². The van der Waals surface area contributed by atoms with Crippen molar-refractivity contribution in [2.24, 2.45) is 5.92 Å². The Morgan fingerprint density at radius 3 is 2.78 bits per heavy atom. The zero-order chi connectivity index (χ0) is 16.1. The molecule has 122 valence electrons. The number of pyridine rings is 1. The SMILES string of the molecule is CNc1ncccc1CN1CC[C@H](Cc2ccccc2)[C@@H](O)C1. The van der Waals surface area contributed by atoms with Crippen LogP contribution in [0.15, 0.2) is 48.7 Å². The molecule has 2 N–H and O–H groups in total. The monoisotopic (exact) mass is 311 g/mol. The Morgan fingerprint density at radius 1 is 1.22 bits per heavy atom. The predicted octanol–water partition coefficient (Wildman–Crippen LogP) is 2.55. The van der Waals surface area contributed by atoms with Crippen LogP contribution in [0.3, 0.4) is 0 Å². The average Bonchev–Trinajstić information content (AvgIpc) is 2.59. The van der Waals surface area contributed by atoms with Crippen molar-refractivity contribution in [1.82, 2.24) is 9.88 Å². The summed E-state index contributed by atoms with van der Waals surface area (Å²) in [5.74, 6) is 1.28. The highest BCUT2D eigenvalue weighted by Gasteiger charge is 2.28. The van der Waals surface area contributed by atoms with Crippen molar-refractivity contribution in [3.05, 3.63) is 59.8 Å². The van der Waals surface area contributed by atoms with E-state index in [0.29, 0.717) is 5.92 Å². The standard InChI is InChI=1S/C19H25N3O/c1-20-19-17(8-5-10-21-19)13-22-11-9-16(18(23)14-22)12-15-6-3-2-4-7-15/h2-8,10,16,18,23H,9,11-14H2,1H3,(H,20,21)/t16-,18+/m1/s1. The highest BCUT2D eigenvalue weighted by Crippen LogP contribution is 2.24. The Balaban J connectivity index is 1.58. The summed E-state index contributed by atoms with van der Waals surface area (Å²) in [6.45, 7) is 2.58. The van der Waals surface area contributed by atoms with Crippen molar-refractivity contribution < 1.29 is 5.11 Å². The molecule has 23 heavy (non-hydrogen) atoms. The van der Waals surface area contributed by atoms with Crippen LogP contribution >= 0.6 is 0 Å². The van der Waals surface area contributed by atoms with Gasteiger partial charge in [0.05, 0.1) is 6.10 Å². The fraction of sp³-hybridized carbons (Fsp3) is 0.421. The van der Waals surface area contributed by atoms with E-state index in [4.69, 9.17) is 0 Å². The van der Waals surface area contributed by atoms with Crippen molar-refractivity contribution >= 4 is 5.82 Å². The molecule has 0 spiro atoms. The van der Waals surface area contributed by atoms with Gasteiger partial charge in [0.1, 0.15) is 5.82 Å². The smallest absolute Gasteiger partial charge is 0.130 e. The maximum atomic E-state index is 10.5. The molecule has 0 unspecified atom stereocenters. The molecule has 0 aliphatic carbocycles. The van der Waals surface area contributed by atoms with Gasteiger partial charge in [0.15, 0.2) is 0 Å². The van der Waals surface area contributed by atoms with Crippen molar-refractivity contribution in [2.45, 2.75) is 25.5 Å². The number of piperidine rings is 1. The van der Waals surface area contributed by atoms with Gasteiger partial charge in [0.25, 0.3) is 0 Å². The molecule has 3 rings (SSSR count). The Bertz CT molecular complexity index is 617. The van der Waals surface area contributed by atoms with Crippen LogP contribution in [-0.2, 0) is 13.0 Å². The van der Waals surface area contributed by atoms with Crippen LogP contribution in [0.5, 0.6) is 0 Å². The van der Waals surface area contributed by atoms with E-state index < -0.39 is 0 Å². The second kappa shape index (κ2) is 7.57. The highest BCUT2D eigenvalue weighted by molar-refractivity contribution is 5.42. The number of aliphatic hydroxyl groups excluding tert-OH is 1. The van der Waals surface area contributed by atoms with Crippen LogP contribution in [0.2, 0.25) is 0 Å². The minimum absolute atomic E-state index is 0.265. The van der Waals surface area contributed by atoms with Crippen molar-refractivity contribution in [3.8, 4) is 0 Å². The van der Waals surface area contributed by atoms with Gasteiger partial charge >= 0.3 is 0 Å². The van der Waals surface area contributed by atoms with E-state index in [1.54, 1.807) is 6.20 Å². The number of rotatable bonds is 5. The van der Waals surface area contributed by atoms with E-state index in [1.807, 2.05) is 19.2 Å². The highest BCUT2D eigenvalue weighted by atomic mass is 16.3. The van der Waals surface area contributed by atoms with E-state index in [0.717, 1.165) is 38.3 Å². The van der Waals surface area contributed by atoms with E-state index in [9.17, 15) is 5.11 Å². The van der Waals surface area contributed by atoms with Crippen LogP contribution in [-0.4, -0.2) is 41.2 Å². The molecule has 0 saturated carbocycles. The summed E-state index contributed by atoms with van der Waals surface area (Å²) >= 11 is 0. The molecule has 2 aromatic rings. The molecular formula is C19H25N3O. The first-order valence-electron chi connectivity index (χ1n) is 8.32. The predicted molar refractivity (Wildman–Crippen MR) is 93.3 cm³/mol. The number of likely N-dealkylation sites (tertiary alicyclic amines) is 1. The lowest BCUT2D eigenvalue weighted by Gasteiger charge is -2.36. The number of aromatic nitrogens is 1. The molecule has 2 heterocycles. The number of benzene rings is 1. The number of hydrogen-bond donors (Lipinski definition) is 2. The molecule has 2 atom stereocenters. The van der Waals surface area contributed by atoms with Gasteiger partial charge in [0, 0.05) is 31.9 Å². The Morgan fingerprint density at radius 2 is 2.04 bits per heavy atom. The summed E-state index contributed by atoms with van der Waals surface area (Å²) in [7, 11) is 1.90. The van der Waals surface area contributed by atoms with Crippen LogP contribution in [0.4, 0.5) is 5.82 Å². The van der Waals surface area contributed by atoms with Gasteiger partial charge in [-0.1, -0.05) is 36.4 Å². The third-order valence-corrected chi connectivity index (χ3v) is 4.67. The molecule has 0 amide bonds. The Labute approximate surface area is 138 Å². The number of nitrogens with zero attached hydrogens (tertiary/aromatic N) is 2. The summed E-state index contributed by atoms with van der Waals surface area (Å²) < 4.78 is 0. The third kappa shape index (κ3) is 4.09. The summed E-state index contributed by atoms with van der Waals surface area (Å²) in [5.41, 5.74) is 2.50. The molecule has 1 aliphatic heterocycles. The van der Waals surface area contributed by atoms with Gasteiger partial charge in [-0.2, -0.15) is 0 Å². The lowest BCUT2D eigenvalue weighted by molar-refractivity contribution is 0.0188. The van der Waals surface area contributed by atoms with E-state index in [-0.39, 0.29) is 6.10 Å². The van der Waals surface area contributed by atoms with Crippen molar-refractivity contribution in [3.63, 3.8) is 0 Å². The zero-order valence-electron chi connectivity index (χ0n) is 13.7. The average molecular weight is 311 g/mol.